The van der Waals surface area contributed by atoms with Crippen LogP contribution in [0.1, 0.15) is 53.5 Å². The second-order valence-electron chi connectivity index (χ2n) is 7.31. The second-order valence-corrected chi connectivity index (χ2v) is 7.31. The molecule has 140 valence electrons. The van der Waals surface area contributed by atoms with E-state index in [-0.39, 0.29) is 23.8 Å². The molecule has 0 aliphatic heterocycles. The lowest BCUT2D eigenvalue weighted by molar-refractivity contribution is -0.134. The van der Waals surface area contributed by atoms with Crippen LogP contribution in [0.4, 0.5) is 11.4 Å². The molecule has 0 fully saturated rings. The standard InChI is InChI=1S/C20H33N3O2/c1-8-22(9-2)17-10-11-18(15(3)14-17)21-19(25)12-13-23(16(4)24)20(5,6)7/h10-11,14H,8-9,12-13H2,1-7H3,(H,21,25). The quantitative estimate of drug-likeness (QED) is 0.816. The van der Waals surface area contributed by atoms with E-state index in [1.54, 1.807) is 11.8 Å². The third-order valence-electron chi connectivity index (χ3n) is 4.37. The molecule has 25 heavy (non-hydrogen) atoms. The second kappa shape index (κ2) is 8.88. The monoisotopic (exact) mass is 347 g/mol. The first kappa shape index (κ1) is 21.0. The van der Waals surface area contributed by atoms with Crippen molar-refractivity contribution in [2.75, 3.05) is 29.9 Å². The molecule has 1 rings (SSSR count). The van der Waals surface area contributed by atoms with Gasteiger partial charge in [-0.3, -0.25) is 9.59 Å². The molecule has 2 amide bonds. The minimum absolute atomic E-state index is 0.0138. The van der Waals surface area contributed by atoms with E-state index >= 15 is 0 Å². The van der Waals surface area contributed by atoms with Gasteiger partial charge in [-0.15, -0.1) is 0 Å². The minimum Gasteiger partial charge on any atom is -0.372 e. The van der Waals surface area contributed by atoms with Crippen molar-refractivity contribution in [2.45, 2.75) is 60.4 Å². The van der Waals surface area contributed by atoms with Crippen LogP contribution in [-0.4, -0.2) is 41.9 Å². The van der Waals surface area contributed by atoms with E-state index in [1.807, 2.05) is 39.8 Å². The molecule has 5 nitrogen and oxygen atoms in total. The topological polar surface area (TPSA) is 52.7 Å². The molecule has 0 saturated carbocycles. The van der Waals surface area contributed by atoms with Crippen LogP contribution in [0.25, 0.3) is 0 Å². The van der Waals surface area contributed by atoms with Crippen LogP contribution in [0.3, 0.4) is 0 Å². The van der Waals surface area contributed by atoms with Crippen molar-refractivity contribution in [1.29, 1.82) is 0 Å². The molecule has 1 aromatic rings. The Morgan fingerprint density at radius 1 is 1.12 bits per heavy atom. The van der Waals surface area contributed by atoms with E-state index < -0.39 is 0 Å². The van der Waals surface area contributed by atoms with Crippen LogP contribution in [0.15, 0.2) is 18.2 Å². The summed E-state index contributed by atoms with van der Waals surface area (Å²) in [6, 6.07) is 6.08. The first-order valence-electron chi connectivity index (χ1n) is 9.03. The molecule has 1 N–H and O–H groups in total. The molecule has 0 atom stereocenters. The van der Waals surface area contributed by atoms with Gasteiger partial charge in [-0.2, -0.15) is 0 Å². The van der Waals surface area contributed by atoms with Crippen molar-refractivity contribution in [3.63, 3.8) is 0 Å². The maximum atomic E-state index is 12.3. The van der Waals surface area contributed by atoms with Gasteiger partial charge in [0.15, 0.2) is 0 Å². The van der Waals surface area contributed by atoms with Crippen molar-refractivity contribution < 1.29 is 9.59 Å². The summed E-state index contributed by atoms with van der Waals surface area (Å²) in [5.74, 6) is -0.0887. The van der Waals surface area contributed by atoms with E-state index in [4.69, 9.17) is 0 Å². The van der Waals surface area contributed by atoms with E-state index in [2.05, 4.69) is 30.1 Å². The zero-order chi connectivity index (χ0) is 19.2. The van der Waals surface area contributed by atoms with Gasteiger partial charge in [0, 0.05) is 49.9 Å². The van der Waals surface area contributed by atoms with Gasteiger partial charge in [0.25, 0.3) is 0 Å². The van der Waals surface area contributed by atoms with Gasteiger partial charge in [-0.1, -0.05) is 0 Å². The molecule has 1 aromatic carbocycles. The van der Waals surface area contributed by atoms with Crippen LogP contribution < -0.4 is 10.2 Å². The van der Waals surface area contributed by atoms with Crippen LogP contribution >= 0.6 is 0 Å². The predicted molar refractivity (Wildman–Crippen MR) is 105 cm³/mol. The zero-order valence-corrected chi connectivity index (χ0v) is 16.8. The van der Waals surface area contributed by atoms with E-state index in [9.17, 15) is 9.59 Å². The molecule has 0 aliphatic rings. The van der Waals surface area contributed by atoms with Crippen molar-refractivity contribution >= 4 is 23.2 Å². The number of anilines is 2. The number of hydrogen-bond donors (Lipinski definition) is 1. The number of nitrogens with zero attached hydrogens (tertiary/aromatic N) is 2. The minimum atomic E-state index is -0.284. The Hall–Kier alpha value is -2.04. The Morgan fingerprint density at radius 2 is 1.72 bits per heavy atom. The number of carbonyl (C=O) groups is 2. The molecule has 0 aliphatic carbocycles. The fraction of sp³-hybridized carbons (Fsp3) is 0.600. The maximum absolute atomic E-state index is 12.3. The number of nitrogens with one attached hydrogen (secondary N) is 1. The molecule has 0 bridgehead atoms. The van der Waals surface area contributed by atoms with Gasteiger partial charge in [0.1, 0.15) is 0 Å². The SMILES string of the molecule is CCN(CC)c1ccc(NC(=O)CCN(C(C)=O)C(C)(C)C)c(C)c1. The molecule has 0 unspecified atom stereocenters. The number of carbonyl (C=O) groups excluding carboxylic acids is 2. The molecule has 0 spiro atoms. The van der Waals surface area contributed by atoms with Gasteiger partial charge in [-0.05, 0) is 65.3 Å². The number of rotatable bonds is 7. The summed E-state index contributed by atoms with van der Waals surface area (Å²) in [5, 5.41) is 2.96. The maximum Gasteiger partial charge on any atom is 0.226 e. The summed E-state index contributed by atoms with van der Waals surface area (Å²) >= 11 is 0. The molecule has 5 heteroatoms. The Bertz CT molecular complexity index is 601. The van der Waals surface area contributed by atoms with E-state index in [0.717, 1.165) is 30.0 Å². The Kier molecular flexibility index (Phi) is 7.46. The smallest absolute Gasteiger partial charge is 0.226 e. The van der Waals surface area contributed by atoms with Gasteiger partial charge in [0.05, 0.1) is 0 Å². The first-order valence-corrected chi connectivity index (χ1v) is 9.03. The molecular weight excluding hydrogens is 314 g/mol. The van der Waals surface area contributed by atoms with Gasteiger partial charge < -0.3 is 15.1 Å². The van der Waals surface area contributed by atoms with E-state index in [0.29, 0.717) is 6.54 Å². The largest absolute Gasteiger partial charge is 0.372 e. The average Bonchev–Trinajstić information content (AvgIpc) is 2.49. The zero-order valence-electron chi connectivity index (χ0n) is 16.8. The summed E-state index contributed by atoms with van der Waals surface area (Å²) < 4.78 is 0. The summed E-state index contributed by atoms with van der Waals surface area (Å²) in [6.07, 6.45) is 0.286. The molecule has 0 saturated heterocycles. The number of aryl methyl sites for hydroxylation is 1. The summed E-state index contributed by atoms with van der Waals surface area (Å²) in [4.78, 5) is 28.0. The molecular formula is C20H33N3O2. The highest BCUT2D eigenvalue weighted by molar-refractivity contribution is 5.92. The Balaban J connectivity index is 2.73. The van der Waals surface area contributed by atoms with Gasteiger partial charge in [0.2, 0.25) is 11.8 Å². The molecule has 0 radical (unpaired) electrons. The molecule has 0 aromatic heterocycles. The summed E-state index contributed by atoms with van der Waals surface area (Å²) in [7, 11) is 0. The fourth-order valence-corrected chi connectivity index (χ4v) is 2.96. The normalized spacial score (nSPS) is 11.2. The third kappa shape index (κ3) is 6.07. The van der Waals surface area contributed by atoms with Crippen molar-refractivity contribution in [2.24, 2.45) is 0 Å². The Morgan fingerprint density at radius 3 is 2.16 bits per heavy atom. The number of amides is 2. The van der Waals surface area contributed by atoms with E-state index in [1.165, 1.54) is 0 Å². The lowest BCUT2D eigenvalue weighted by Gasteiger charge is -2.34. The molecule has 0 heterocycles. The lowest BCUT2D eigenvalue weighted by Crippen LogP contribution is -2.45. The van der Waals surface area contributed by atoms with Crippen LogP contribution in [0.2, 0.25) is 0 Å². The highest BCUT2D eigenvalue weighted by Crippen LogP contribution is 2.23. The Labute approximate surface area is 152 Å². The highest BCUT2D eigenvalue weighted by Gasteiger charge is 2.24. The van der Waals surface area contributed by atoms with Gasteiger partial charge in [-0.25, -0.2) is 0 Å². The lowest BCUT2D eigenvalue weighted by atomic mass is 10.1. The van der Waals surface area contributed by atoms with Crippen molar-refractivity contribution in [3.05, 3.63) is 23.8 Å². The number of benzene rings is 1. The number of hydrogen-bond acceptors (Lipinski definition) is 3. The van der Waals surface area contributed by atoms with Crippen LogP contribution in [-0.2, 0) is 9.59 Å². The van der Waals surface area contributed by atoms with Gasteiger partial charge >= 0.3 is 0 Å². The first-order chi connectivity index (χ1) is 11.6. The van der Waals surface area contributed by atoms with Crippen LogP contribution in [0.5, 0.6) is 0 Å². The predicted octanol–water partition coefficient (Wildman–Crippen LogP) is 3.82. The summed E-state index contributed by atoms with van der Waals surface area (Å²) in [5.41, 5.74) is 2.74. The fourth-order valence-electron chi connectivity index (χ4n) is 2.96. The average molecular weight is 348 g/mol. The highest BCUT2D eigenvalue weighted by atomic mass is 16.2. The van der Waals surface area contributed by atoms with Crippen molar-refractivity contribution in [3.8, 4) is 0 Å². The third-order valence-corrected chi connectivity index (χ3v) is 4.37. The van der Waals surface area contributed by atoms with Crippen molar-refractivity contribution in [1.82, 2.24) is 4.90 Å². The van der Waals surface area contributed by atoms with Crippen LogP contribution in [0, 0.1) is 6.92 Å². The summed E-state index contributed by atoms with van der Waals surface area (Å²) in [6.45, 7) is 16.0.